The number of pyridine rings is 1. The Bertz CT molecular complexity index is 976. The van der Waals surface area contributed by atoms with E-state index in [0.29, 0.717) is 17.7 Å². The van der Waals surface area contributed by atoms with Crippen molar-refractivity contribution in [2.45, 2.75) is 19.6 Å². The van der Waals surface area contributed by atoms with Crippen molar-refractivity contribution < 1.29 is 18.0 Å². The zero-order chi connectivity index (χ0) is 20.9. The van der Waals surface area contributed by atoms with Crippen molar-refractivity contribution in [2.75, 3.05) is 11.9 Å². The topological polar surface area (TPSA) is 79.8 Å². The van der Waals surface area contributed by atoms with E-state index in [4.69, 9.17) is 0 Å². The molecule has 0 fully saturated rings. The minimum atomic E-state index is -4.60. The molecule has 0 atom stereocenters. The minimum Gasteiger partial charge on any atom is -0.366 e. The second-order valence-electron chi connectivity index (χ2n) is 6.11. The van der Waals surface area contributed by atoms with E-state index in [1.807, 2.05) is 6.92 Å². The fourth-order valence-electron chi connectivity index (χ4n) is 2.54. The van der Waals surface area contributed by atoms with Crippen LogP contribution in [0.2, 0.25) is 0 Å². The zero-order valence-electron chi connectivity index (χ0n) is 15.5. The van der Waals surface area contributed by atoms with E-state index < -0.39 is 11.9 Å². The zero-order valence-corrected chi connectivity index (χ0v) is 15.5. The van der Waals surface area contributed by atoms with Gasteiger partial charge in [0.2, 0.25) is 0 Å². The lowest BCUT2D eigenvalue weighted by atomic mass is 10.1. The maximum absolute atomic E-state index is 13.2. The van der Waals surface area contributed by atoms with Crippen molar-refractivity contribution in [2.24, 2.45) is 0 Å². The Hall–Kier alpha value is -3.49. The summed E-state index contributed by atoms with van der Waals surface area (Å²) in [5.41, 5.74) is 0.696. The van der Waals surface area contributed by atoms with Gasteiger partial charge in [-0.1, -0.05) is 12.1 Å². The molecular formula is C20H18F3N5O. The number of hydrogen-bond donors (Lipinski definition) is 2. The van der Waals surface area contributed by atoms with Crippen LogP contribution in [0.1, 0.15) is 28.5 Å². The molecule has 0 bridgehead atoms. The summed E-state index contributed by atoms with van der Waals surface area (Å²) in [6.07, 6.45) is -1.68. The van der Waals surface area contributed by atoms with Gasteiger partial charge in [-0.3, -0.25) is 9.78 Å². The van der Waals surface area contributed by atoms with Crippen LogP contribution in [0, 0.1) is 0 Å². The van der Waals surface area contributed by atoms with Crippen LogP contribution >= 0.6 is 0 Å². The van der Waals surface area contributed by atoms with Gasteiger partial charge in [-0.05, 0) is 36.8 Å². The van der Waals surface area contributed by atoms with Crippen molar-refractivity contribution in [1.29, 1.82) is 0 Å². The van der Waals surface area contributed by atoms with Crippen LogP contribution in [0.15, 0.2) is 54.9 Å². The molecule has 0 aliphatic rings. The number of halogens is 3. The number of nitrogens with zero attached hydrogens (tertiary/aromatic N) is 3. The van der Waals surface area contributed by atoms with Crippen LogP contribution in [0.25, 0.3) is 11.4 Å². The number of alkyl halides is 3. The summed E-state index contributed by atoms with van der Waals surface area (Å²) in [7, 11) is 0. The molecule has 2 aromatic heterocycles. The van der Waals surface area contributed by atoms with Gasteiger partial charge >= 0.3 is 6.18 Å². The Balaban J connectivity index is 1.80. The van der Waals surface area contributed by atoms with Gasteiger partial charge in [0.1, 0.15) is 5.82 Å². The fourth-order valence-corrected chi connectivity index (χ4v) is 2.54. The van der Waals surface area contributed by atoms with Crippen molar-refractivity contribution in [3.8, 4) is 11.4 Å². The Labute approximate surface area is 165 Å². The van der Waals surface area contributed by atoms with Crippen molar-refractivity contribution >= 4 is 11.7 Å². The number of carbonyl (C=O) groups is 1. The van der Waals surface area contributed by atoms with Gasteiger partial charge in [-0.2, -0.15) is 13.2 Å². The van der Waals surface area contributed by atoms with Crippen molar-refractivity contribution in [1.82, 2.24) is 20.3 Å². The predicted octanol–water partition coefficient (Wildman–Crippen LogP) is 3.92. The molecule has 0 unspecified atom stereocenters. The third kappa shape index (κ3) is 5.28. The van der Waals surface area contributed by atoms with E-state index in [1.165, 1.54) is 12.4 Å². The lowest BCUT2D eigenvalue weighted by Crippen LogP contribution is -2.22. The van der Waals surface area contributed by atoms with Gasteiger partial charge in [0, 0.05) is 42.7 Å². The van der Waals surface area contributed by atoms with Crippen LogP contribution < -0.4 is 10.6 Å². The predicted molar refractivity (Wildman–Crippen MR) is 102 cm³/mol. The molecule has 29 heavy (non-hydrogen) atoms. The number of nitrogens with one attached hydrogen (secondary N) is 2. The second kappa shape index (κ2) is 8.68. The number of amides is 1. The smallest absolute Gasteiger partial charge is 0.366 e. The van der Waals surface area contributed by atoms with E-state index in [1.54, 1.807) is 36.4 Å². The summed E-state index contributed by atoms with van der Waals surface area (Å²) >= 11 is 0. The summed E-state index contributed by atoms with van der Waals surface area (Å²) in [5, 5.41) is 5.59. The van der Waals surface area contributed by atoms with Crippen LogP contribution in [-0.2, 0) is 12.7 Å². The molecule has 6 nitrogen and oxygen atoms in total. The lowest BCUT2D eigenvalue weighted by molar-refractivity contribution is -0.141. The molecule has 0 radical (unpaired) electrons. The molecule has 150 valence electrons. The van der Waals surface area contributed by atoms with E-state index in [0.717, 1.165) is 11.6 Å². The van der Waals surface area contributed by atoms with Gasteiger partial charge in [0.25, 0.3) is 5.91 Å². The molecule has 3 aromatic rings. The Morgan fingerprint density at radius 2 is 1.72 bits per heavy atom. The first kappa shape index (κ1) is 20.2. The fraction of sp³-hybridized carbons (Fsp3) is 0.200. The Morgan fingerprint density at radius 3 is 2.34 bits per heavy atom. The third-order valence-electron chi connectivity index (χ3n) is 3.98. The van der Waals surface area contributed by atoms with E-state index >= 15 is 0 Å². The maximum atomic E-state index is 13.2. The first-order valence-electron chi connectivity index (χ1n) is 8.84. The number of anilines is 1. The third-order valence-corrected chi connectivity index (χ3v) is 3.98. The minimum absolute atomic E-state index is 0.0451. The van der Waals surface area contributed by atoms with Crippen LogP contribution in [0.4, 0.5) is 19.0 Å². The van der Waals surface area contributed by atoms with Gasteiger partial charge in [0.05, 0.1) is 0 Å². The van der Waals surface area contributed by atoms with Crippen molar-refractivity contribution in [3.63, 3.8) is 0 Å². The number of benzene rings is 1. The highest BCUT2D eigenvalue weighted by atomic mass is 19.4. The quantitative estimate of drug-likeness (QED) is 0.655. The molecule has 0 aliphatic heterocycles. The first-order chi connectivity index (χ1) is 13.9. The highest BCUT2D eigenvalue weighted by molar-refractivity contribution is 5.94. The normalized spacial score (nSPS) is 11.2. The summed E-state index contributed by atoms with van der Waals surface area (Å²) in [5.74, 6) is -0.178. The molecule has 3 rings (SSSR count). The standard InChI is InChI=1S/C20H18F3N5O/c1-2-25-19(29)15-5-3-13(4-6-15)12-26-17-11-16(20(21,22)23)27-18(28-17)14-7-9-24-10-8-14/h3-11H,2,12H2,1H3,(H,25,29)(H,26,27,28). The molecule has 2 heterocycles. The molecule has 9 heteroatoms. The van der Waals surface area contributed by atoms with Gasteiger partial charge in [-0.15, -0.1) is 0 Å². The van der Waals surface area contributed by atoms with Crippen LogP contribution in [-0.4, -0.2) is 27.4 Å². The highest BCUT2D eigenvalue weighted by Crippen LogP contribution is 2.30. The SMILES string of the molecule is CCNC(=O)c1ccc(CNc2cc(C(F)(F)F)nc(-c3ccncc3)n2)cc1. The summed E-state index contributed by atoms with van der Waals surface area (Å²) < 4.78 is 39.7. The number of hydrogen-bond acceptors (Lipinski definition) is 5. The summed E-state index contributed by atoms with van der Waals surface area (Å²) in [6.45, 7) is 2.59. The highest BCUT2D eigenvalue weighted by Gasteiger charge is 2.33. The molecule has 0 aliphatic carbocycles. The largest absolute Gasteiger partial charge is 0.433 e. The number of carbonyl (C=O) groups excluding carboxylic acids is 1. The average Bonchev–Trinajstić information content (AvgIpc) is 2.72. The molecule has 2 N–H and O–H groups in total. The van der Waals surface area contributed by atoms with Crippen LogP contribution in [0.5, 0.6) is 0 Å². The Kier molecular flexibility index (Phi) is 6.06. The molecule has 0 saturated heterocycles. The molecule has 1 amide bonds. The van der Waals surface area contributed by atoms with E-state index in [2.05, 4.69) is 25.6 Å². The van der Waals surface area contributed by atoms with Gasteiger partial charge in [-0.25, -0.2) is 9.97 Å². The summed E-state index contributed by atoms with van der Waals surface area (Å²) in [4.78, 5) is 23.5. The maximum Gasteiger partial charge on any atom is 0.433 e. The number of rotatable bonds is 6. The average molecular weight is 401 g/mol. The van der Waals surface area contributed by atoms with E-state index in [9.17, 15) is 18.0 Å². The van der Waals surface area contributed by atoms with Crippen LogP contribution in [0.3, 0.4) is 0 Å². The van der Waals surface area contributed by atoms with E-state index in [-0.39, 0.29) is 24.1 Å². The Morgan fingerprint density at radius 1 is 1.03 bits per heavy atom. The first-order valence-corrected chi connectivity index (χ1v) is 8.84. The van der Waals surface area contributed by atoms with Gasteiger partial charge < -0.3 is 10.6 Å². The molecule has 0 spiro atoms. The molecule has 0 saturated carbocycles. The van der Waals surface area contributed by atoms with Crippen molar-refractivity contribution in [3.05, 3.63) is 71.7 Å². The number of aromatic nitrogens is 3. The molecule has 1 aromatic carbocycles. The summed E-state index contributed by atoms with van der Waals surface area (Å²) in [6, 6.07) is 10.7. The van der Waals surface area contributed by atoms with Gasteiger partial charge in [0.15, 0.2) is 11.5 Å². The lowest BCUT2D eigenvalue weighted by Gasteiger charge is -2.12. The monoisotopic (exact) mass is 401 g/mol. The molecular weight excluding hydrogens is 383 g/mol. The second-order valence-corrected chi connectivity index (χ2v) is 6.11.